The molecule has 1 amide bonds. The average Bonchev–Trinajstić information content (AvgIpc) is 2.44. The van der Waals surface area contributed by atoms with Crippen molar-refractivity contribution in [2.75, 3.05) is 5.73 Å². The highest BCUT2D eigenvalue weighted by Gasteiger charge is 2.07. The lowest BCUT2D eigenvalue weighted by Crippen LogP contribution is -2.22. The summed E-state index contributed by atoms with van der Waals surface area (Å²) in [5.41, 5.74) is 8.16. The summed E-state index contributed by atoms with van der Waals surface area (Å²) < 4.78 is 0.758. The Labute approximate surface area is 125 Å². The van der Waals surface area contributed by atoms with Gasteiger partial charge in [0.25, 0.3) is 5.91 Å². The average molecular weight is 330 g/mol. The van der Waals surface area contributed by atoms with Crippen molar-refractivity contribution in [2.45, 2.75) is 6.54 Å². The molecule has 5 heteroatoms. The normalized spacial score (nSPS) is 9.80. The molecule has 100 valence electrons. The Hall–Kier alpha value is -2.32. The largest absolute Gasteiger partial charge is 0.399 e. The monoisotopic (exact) mass is 329 g/mol. The number of carbonyl (C=O) groups is 1. The van der Waals surface area contributed by atoms with Gasteiger partial charge in [0.2, 0.25) is 0 Å². The van der Waals surface area contributed by atoms with Crippen LogP contribution in [0.25, 0.3) is 0 Å². The van der Waals surface area contributed by atoms with Crippen molar-refractivity contribution in [2.24, 2.45) is 0 Å². The Balaban J connectivity index is 2.06. The Morgan fingerprint density at radius 1 is 1.30 bits per heavy atom. The van der Waals surface area contributed by atoms with Crippen molar-refractivity contribution in [3.8, 4) is 6.07 Å². The molecule has 0 heterocycles. The zero-order valence-corrected chi connectivity index (χ0v) is 12.1. The number of rotatable bonds is 3. The molecule has 0 radical (unpaired) electrons. The number of nitrogen functional groups attached to an aromatic ring is 1. The van der Waals surface area contributed by atoms with Gasteiger partial charge in [0.15, 0.2) is 0 Å². The molecular formula is C15H12BrN3O. The van der Waals surface area contributed by atoms with E-state index in [1.165, 1.54) is 0 Å². The molecule has 4 nitrogen and oxygen atoms in total. The van der Waals surface area contributed by atoms with Gasteiger partial charge in [-0.15, -0.1) is 0 Å². The zero-order chi connectivity index (χ0) is 14.5. The maximum absolute atomic E-state index is 12.0. The van der Waals surface area contributed by atoms with Gasteiger partial charge in [-0.3, -0.25) is 4.79 Å². The number of amides is 1. The van der Waals surface area contributed by atoms with Crippen LogP contribution in [0.4, 0.5) is 5.69 Å². The summed E-state index contributed by atoms with van der Waals surface area (Å²) in [6.45, 7) is 0.362. The van der Waals surface area contributed by atoms with Gasteiger partial charge in [0.05, 0.1) is 11.6 Å². The summed E-state index contributed by atoms with van der Waals surface area (Å²) in [4.78, 5) is 12.0. The fraction of sp³-hybridized carbons (Fsp3) is 0.0667. The van der Waals surface area contributed by atoms with Crippen LogP contribution >= 0.6 is 15.9 Å². The van der Waals surface area contributed by atoms with Gasteiger partial charge in [-0.25, -0.2) is 0 Å². The third-order valence-electron chi connectivity index (χ3n) is 2.69. The molecule has 0 fully saturated rings. The molecule has 2 aromatic rings. The highest BCUT2D eigenvalue weighted by molar-refractivity contribution is 9.10. The van der Waals surface area contributed by atoms with Crippen LogP contribution in [-0.4, -0.2) is 5.91 Å². The molecule has 0 unspecified atom stereocenters. The number of hydrogen-bond donors (Lipinski definition) is 2. The number of benzene rings is 2. The zero-order valence-electron chi connectivity index (χ0n) is 10.6. The van der Waals surface area contributed by atoms with Crippen molar-refractivity contribution in [1.82, 2.24) is 5.32 Å². The van der Waals surface area contributed by atoms with Gasteiger partial charge in [-0.2, -0.15) is 5.26 Å². The van der Waals surface area contributed by atoms with Gasteiger partial charge in [-0.1, -0.05) is 28.1 Å². The van der Waals surface area contributed by atoms with E-state index in [-0.39, 0.29) is 5.91 Å². The highest BCUT2D eigenvalue weighted by Crippen LogP contribution is 2.17. The summed E-state index contributed by atoms with van der Waals surface area (Å²) in [5, 5.41) is 11.6. The van der Waals surface area contributed by atoms with Gasteiger partial charge >= 0.3 is 0 Å². The second kappa shape index (κ2) is 6.22. The molecule has 0 aliphatic heterocycles. The van der Waals surface area contributed by atoms with Crippen LogP contribution < -0.4 is 11.1 Å². The lowest BCUT2D eigenvalue weighted by atomic mass is 10.1. The molecule has 0 saturated carbocycles. The molecule has 0 aliphatic rings. The van der Waals surface area contributed by atoms with Crippen LogP contribution in [0.5, 0.6) is 0 Å². The van der Waals surface area contributed by atoms with E-state index in [0.717, 1.165) is 10.0 Å². The van der Waals surface area contributed by atoms with Gasteiger partial charge in [-0.05, 0) is 35.9 Å². The van der Waals surface area contributed by atoms with E-state index in [1.807, 2.05) is 6.07 Å². The molecule has 2 aromatic carbocycles. The maximum atomic E-state index is 12.0. The topological polar surface area (TPSA) is 78.9 Å². The number of nitrogens with zero attached hydrogens (tertiary/aromatic N) is 1. The van der Waals surface area contributed by atoms with E-state index in [9.17, 15) is 4.79 Å². The first-order chi connectivity index (χ1) is 9.58. The first kappa shape index (κ1) is 14.1. The summed E-state index contributed by atoms with van der Waals surface area (Å²) in [6, 6.07) is 14.2. The first-order valence-electron chi connectivity index (χ1n) is 5.92. The Morgan fingerprint density at radius 2 is 2.10 bits per heavy atom. The number of hydrogen-bond acceptors (Lipinski definition) is 3. The number of nitriles is 1. The van der Waals surface area contributed by atoms with Crippen molar-refractivity contribution in [1.29, 1.82) is 5.26 Å². The summed E-state index contributed by atoms with van der Waals surface area (Å²) in [7, 11) is 0. The Kier molecular flexibility index (Phi) is 4.38. The Morgan fingerprint density at radius 3 is 2.80 bits per heavy atom. The predicted molar refractivity (Wildman–Crippen MR) is 80.9 cm³/mol. The lowest BCUT2D eigenvalue weighted by molar-refractivity contribution is 0.0951. The highest BCUT2D eigenvalue weighted by atomic mass is 79.9. The standard InChI is InChI=1S/C15H12BrN3O/c16-13-5-12(6-14(18)7-13)15(20)19-9-11-3-1-2-10(4-11)8-17/h1-7H,9,18H2,(H,19,20). The minimum absolute atomic E-state index is 0.208. The van der Waals surface area contributed by atoms with Crippen molar-refractivity contribution >= 4 is 27.5 Å². The molecule has 20 heavy (non-hydrogen) atoms. The molecule has 2 rings (SSSR count). The SMILES string of the molecule is N#Cc1cccc(CNC(=O)c2cc(N)cc(Br)c2)c1. The van der Waals surface area contributed by atoms with Crippen LogP contribution in [0.1, 0.15) is 21.5 Å². The van der Waals surface area contributed by atoms with E-state index in [1.54, 1.807) is 36.4 Å². The molecule has 0 bridgehead atoms. The molecule has 3 N–H and O–H groups in total. The van der Waals surface area contributed by atoms with E-state index >= 15 is 0 Å². The number of halogens is 1. The van der Waals surface area contributed by atoms with E-state index in [0.29, 0.717) is 23.4 Å². The van der Waals surface area contributed by atoms with Gasteiger partial charge < -0.3 is 11.1 Å². The second-order valence-electron chi connectivity index (χ2n) is 4.27. The number of nitrogens with two attached hydrogens (primary N) is 1. The van der Waals surface area contributed by atoms with Gasteiger partial charge in [0.1, 0.15) is 0 Å². The van der Waals surface area contributed by atoms with Crippen LogP contribution in [-0.2, 0) is 6.54 Å². The second-order valence-corrected chi connectivity index (χ2v) is 5.18. The molecule has 0 atom stereocenters. The third kappa shape index (κ3) is 3.59. The van der Waals surface area contributed by atoms with Crippen LogP contribution in [0.3, 0.4) is 0 Å². The third-order valence-corrected chi connectivity index (χ3v) is 3.15. The quantitative estimate of drug-likeness (QED) is 0.850. The summed E-state index contributed by atoms with van der Waals surface area (Å²) >= 11 is 3.30. The number of anilines is 1. The van der Waals surface area contributed by atoms with Crippen LogP contribution in [0.15, 0.2) is 46.9 Å². The molecule has 0 spiro atoms. The minimum atomic E-state index is -0.208. The van der Waals surface area contributed by atoms with Gasteiger partial charge in [0, 0.05) is 22.3 Å². The van der Waals surface area contributed by atoms with Crippen molar-refractivity contribution in [3.63, 3.8) is 0 Å². The maximum Gasteiger partial charge on any atom is 0.251 e. The van der Waals surface area contributed by atoms with Crippen molar-refractivity contribution < 1.29 is 4.79 Å². The van der Waals surface area contributed by atoms with Crippen molar-refractivity contribution in [3.05, 3.63) is 63.6 Å². The summed E-state index contributed by atoms with van der Waals surface area (Å²) in [5.74, 6) is -0.208. The first-order valence-corrected chi connectivity index (χ1v) is 6.71. The fourth-order valence-electron chi connectivity index (χ4n) is 1.78. The van der Waals surface area contributed by atoms with E-state index in [2.05, 4.69) is 27.3 Å². The number of nitrogens with one attached hydrogen (secondary N) is 1. The van der Waals surface area contributed by atoms with Crippen LogP contribution in [0.2, 0.25) is 0 Å². The molecule has 0 saturated heterocycles. The van der Waals surface area contributed by atoms with E-state index < -0.39 is 0 Å². The summed E-state index contributed by atoms with van der Waals surface area (Å²) in [6.07, 6.45) is 0. The number of carbonyl (C=O) groups excluding carboxylic acids is 1. The molecule has 0 aromatic heterocycles. The lowest BCUT2D eigenvalue weighted by Gasteiger charge is -2.07. The smallest absolute Gasteiger partial charge is 0.251 e. The Bertz CT molecular complexity index is 672. The van der Waals surface area contributed by atoms with Crippen LogP contribution in [0, 0.1) is 11.3 Å². The van der Waals surface area contributed by atoms with E-state index in [4.69, 9.17) is 11.0 Å². The predicted octanol–water partition coefficient (Wildman–Crippen LogP) is 2.83. The minimum Gasteiger partial charge on any atom is -0.399 e. The molecule has 0 aliphatic carbocycles. The fourth-order valence-corrected chi connectivity index (χ4v) is 2.29. The molecular weight excluding hydrogens is 318 g/mol.